The summed E-state index contributed by atoms with van der Waals surface area (Å²) in [5.41, 5.74) is 0.850. The summed E-state index contributed by atoms with van der Waals surface area (Å²) in [4.78, 5) is 24.9. The van der Waals surface area contributed by atoms with Crippen molar-refractivity contribution in [2.24, 2.45) is 5.92 Å². The van der Waals surface area contributed by atoms with Crippen LogP contribution in [-0.2, 0) is 9.59 Å². The van der Waals surface area contributed by atoms with Gasteiger partial charge in [-0.2, -0.15) is 0 Å². The maximum absolute atomic E-state index is 12.0. The number of hydrogen-bond acceptors (Lipinski definition) is 2. The second kappa shape index (κ2) is 4.67. The molecule has 0 spiro atoms. The van der Waals surface area contributed by atoms with Crippen molar-refractivity contribution in [2.75, 3.05) is 11.4 Å². The van der Waals surface area contributed by atoms with Gasteiger partial charge in [-0.15, -0.1) is 0 Å². The van der Waals surface area contributed by atoms with Crippen LogP contribution in [0.1, 0.15) is 6.42 Å². The number of nitrogens with zero attached hydrogens (tertiary/aromatic N) is 1. The van der Waals surface area contributed by atoms with E-state index in [-0.39, 0.29) is 12.3 Å². The Balaban J connectivity index is 2.05. The molecule has 2 aromatic rings. The van der Waals surface area contributed by atoms with Gasteiger partial charge >= 0.3 is 0 Å². The second-order valence-electron chi connectivity index (χ2n) is 4.71. The van der Waals surface area contributed by atoms with Crippen molar-refractivity contribution in [1.82, 2.24) is 0 Å². The molecule has 1 aliphatic rings. The molecule has 0 saturated carbocycles. The van der Waals surface area contributed by atoms with Gasteiger partial charge in [0.05, 0.1) is 11.6 Å². The average Bonchev–Trinajstić information content (AvgIpc) is 2.80. The molecule has 3 nitrogen and oxygen atoms in total. The first kappa shape index (κ1) is 12.2. The van der Waals surface area contributed by atoms with E-state index in [1.54, 1.807) is 4.90 Å². The molecule has 1 unspecified atom stereocenters. The number of anilines is 1. The van der Waals surface area contributed by atoms with E-state index in [9.17, 15) is 9.59 Å². The van der Waals surface area contributed by atoms with Gasteiger partial charge in [0, 0.05) is 18.4 Å². The topological polar surface area (TPSA) is 37.4 Å². The molecule has 0 aromatic heterocycles. The van der Waals surface area contributed by atoms with Crippen LogP contribution >= 0.6 is 11.6 Å². The normalized spacial score (nSPS) is 19.1. The molecule has 3 rings (SSSR count). The van der Waals surface area contributed by atoms with E-state index in [2.05, 4.69) is 0 Å². The number of carbonyl (C=O) groups excluding carboxylic acids is 2. The minimum absolute atomic E-state index is 0.0460. The van der Waals surface area contributed by atoms with E-state index >= 15 is 0 Å². The minimum atomic E-state index is -0.434. The molecular formula is C15H12ClNO2. The van der Waals surface area contributed by atoms with Gasteiger partial charge < -0.3 is 4.90 Å². The lowest BCUT2D eigenvalue weighted by molar-refractivity contribution is -0.120. The highest BCUT2D eigenvalue weighted by atomic mass is 35.5. The van der Waals surface area contributed by atoms with Crippen LogP contribution in [0.25, 0.3) is 10.8 Å². The molecular weight excluding hydrogens is 262 g/mol. The summed E-state index contributed by atoms with van der Waals surface area (Å²) in [5, 5.41) is 1.66. The Bertz CT molecular complexity index is 663. The highest BCUT2D eigenvalue weighted by Gasteiger charge is 2.34. The zero-order valence-corrected chi connectivity index (χ0v) is 10.9. The number of benzene rings is 2. The first-order chi connectivity index (χ1) is 9.16. The van der Waals surface area contributed by atoms with E-state index in [1.807, 2.05) is 42.5 Å². The Labute approximate surface area is 115 Å². The summed E-state index contributed by atoms with van der Waals surface area (Å²) in [6.07, 6.45) is 0.200. The van der Waals surface area contributed by atoms with Crippen LogP contribution in [0.15, 0.2) is 42.5 Å². The van der Waals surface area contributed by atoms with Crippen LogP contribution in [0, 0.1) is 5.92 Å². The molecule has 0 aliphatic carbocycles. The van der Waals surface area contributed by atoms with E-state index < -0.39 is 11.2 Å². The zero-order valence-electron chi connectivity index (χ0n) is 10.2. The lowest BCUT2D eigenvalue weighted by atomic mass is 10.1. The lowest BCUT2D eigenvalue weighted by Crippen LogP contribution is -2.25. The molecule has 0 bridgehead atoms. The van der Waals surface area contributed by atoms with Crippen molar-refractivity contribution < 1.29 is 9.59 Å². The molecule has 19 heavy (non-hydrogen) atoms. The quantitative estimate of drug-likeness (QED) is 0.789. The molecule has 1 saturated heterocycles. The Hall–Kier alpha value is -1.87. The standard InChI is InChI=1S/C15H12ClNO2/c16-15(19)11-8-14(18)17(9-11)13-7-3-5-10-4-1-2-6-12(10)13/h1-7,11H,8-9H2. The Morgan fingerprint density at radius 1 is 1.16 bits per heavy atom. The van der Waals surface area contributed by atoms with Crippen molar-refractivity contribution in [3.05, 3.63) is 42.5 Å². The van der Waals surface area contributed by atoms with Crippen LogP contribution < -0.4 is 4.90 Å². The van der Waals surface area contributed by atoms with Gasteiger partial charge in [-0.25, -0.2) is 0 Å². The van der Waals surface area contributed by atoms with Gasteiger partial charge in [0.2, 0.25) is 11.1 Å². The first-order valence-corrected chi connectivity index (χ1v) is 6.52. The van der Waals surface area contributed by atoms with Crippen molar-refractivity contribution in [3.8, 4) is 0 Å². The Kier molecular flexibility index (Phi) is 2.99. The van der Waals surface area contributed by atoms with Gasteiger partial charge in [-0.1, -0.05) is 36.4 Å². The van der Waals surface area contributed by atoms with Crippen molar-refractivity contribution in [2.45, 2.75) is 6.42 Å². The SMILES string of the molecule is O=C(Cl)C1CC(=O)N(c2cccc3ccccc23)C1. The predicted molar refractivity (Wildman–Crippen MR) is 75.3 cm³/mol. The molecule has 96 valence electrons. The molecule has 4 heteroatoms. The maximum atomic E-state index is 12.0. The summed E-state index contributed by atoms with van der Waals surface area (Å²) in [6, 6.07) is 13.7. The number of carbonyl (C=O) groups is 2. The smallest absolute Gasteiger partial charge is 0.227 e. The minimum Gasteiger partial charge on any atom is -0.311 e. The predicted octanol–water partition coefficient (Wildman–Crippen LogP) is 2.96. The van der Waals surface area contributed by atoms with Gasteiger partial charge in [0.1, 0.15) is 0 Å². The number of fused-ring (bicyclic) bond motifs is 1. The average molecular weight is 274 g/mol. The molecule has 1 aliphatic heterocycles. The van der Waals surface area contributed by atoms with E-state index in [1.165, 1.54) is 0 Å². The third kappa shape index (κ3) is 2.10. The van der Waals surface area contributed by atoms with E-state index in [4.69, 9.17) is 11.6 Å². The van der Waals surface area contributed by atoms with Crippen LogP contribution in [-0.4, -0.2) is 17.7 Å². The Morgan fingerprint density at radius 3 is 2.63 bits per heavy atom. The fourth-order valence-corrected chi connectivity index (χ4v) is 2.68. The van der Waals surface area contributed by atoms with E-state index in [0.717, 1.165) is 16.5 Å². The summed E-state index contributed by atoms with van der Waals surface area (Å²) >= 11 is 5.50. The monoisotopic (exact) mass is 273 g/mol. The molecule has 1 amide bonds. The molecule has 2 aromatic carbocycles. The van der Waals surface area contributed by atoms with Crippen molar-refractivity contribution in [3.63, 3.8) is 0 Å². The molecule has 1 fully saturated rings. The molecule has 0 N–H and O–H groups in total. The van der Waals surface area contributed by atoms with Crippen molar-refractivity contribution >= 4 is 39.2 Å². The highest BCUT2D eigenvalue weighted by Crippen LogP contribution is 2.32. The molecule has 0 radical (unpaired) electrons. The number of rotatable bonds is 2. The van der Waals surface area contributed by atoms with Crippen LogP contribution in [0.4, 0.5) is 5.69 Å². The largest absolute Gasteiger partial charge is 0.311 e. The van der Waals surface area contributed by atoms with Crippen LogP contribution in [0.5, 0.6) is 0 Å². The van der Waals surface area contributed by atoms with Gasteiger partial charge in [0.25, 0.3) is 0 Å². The van der Waals surface area contributed by atoms with Gasteiger partial charge in [-0.3, -0.25) is 9.59 Å². The third-order valence-corrected chi connectivity index (χ3v) is 3.81. The van der Waals surface area contributed by atoms with Crippen LogP contribution in [0.3, 0.4) is 0 Å². The maximum Gasteiger partial charge on any atom is 0.227 e. The van der Waals surface area contributed by atoms with Gasteiger partial charge in [0.15, 0.2) is 0 Å². The lowest BCUT2D eigenvalue weighted by Gasteiger charge is -2.18. The van der Waals surface area contributed by atoms with Crippen LogP contribution in [0.2, 0.25) is 0 Å². The Morgan fingerprint density at radius 2 is 1.89 bits per heavy atom. The molecule has 1 atom stereocenters. The van der Waals surface area contributed by atoms with E-state index in [0.29, 0.717) is 6.54 Å². The number of hydrogen-bond donors (Lipinski definition) is 0. The highest BCUT2D eigenvalue weighted by molar-refractivity contribution is 6.64. The summed E-state index contributed by atoms with van der Waals surface area (Å²) < 4.78 is 0. The fourth-order valence-electron chi connectivity index (χ4n) is 2.54. The van der Waals surface area contributed by atoms with Crippen molar-refractivity contribution in [1.29, 1.82) is 0 Å². The molecule has 1 heterocycles. The number of halogens is 1. The third-order valence-electron chi connectivity index (χ3n) is 3.50. The second-order valence-corrected chi connectivity index (χ2v) is 5.08. The zero-order chi connectivity index (χ0) is 13.4. The summed E-state index contributed by atoms with van der Waals surface area (Å²) in [7, 11) is 0. The summed E-state index contributed by atoms with van der Waals surface area (Å²) in [6.45, 7) is 0.370. The first-order valence-electron chi connectivity index (χ1n) is 6.14. The van der Waals surface area contributed by atoms with Gasteiger partial charge in [-0.05, 0) is 23.1 Å². The summed E-state index contributed by atoms with van der Waals surface area (Å²) in [5.74, 6) is -0.441. The fraction of sp³-hybridized carbons (Fsp3) is 0.200. The number of amides is 1.